The number of nitriles is 1. The van der Waals surface area contributed by atoms with E-state index in [0.29, 0.717) is 0 Å². The minimum atomic E-state index is -4.70. The van der Waals surface area contributed by atoms with Gasteiger partial charge in [-0.05, 0) is 23.9 Å². The van der Waals surface area contributed by atoms with Crippen LogP contribution in [0.5, 0.6) is 0 Å². The molecule has 14 heavy (non-hydrogen) atoms. The van der Waals surface area contributed by atoms with Gasteiger partial charge in [0.15, 0.2) is 6.10 Å². The maximum absolute atomic E-state index is 12.0. The van der Waals surface area contributed by atoms with Crippen LogP contribution in [-0.2, 0) is 0 Å². The molecule has 0 saturated carbocycles. The third kappa shape index (κ3) is 2.26. The van der Waals surface area contributed by atoms with Gasteiger partial charge in [-0.1, -0.05) is 0 Å². The van der Waals surface area contributed by atoms with Crippen molar-refractivity contribution in [3.63, 3.8) is 0 Å². The van der Waals surface area contributed by atoms with Crippen molar-refractivity contribution in [2.45, 2.75) is 18.3 Å². The van der Waals surface area contributed by atoms with Crippen molar-refractivity contribution >= 4 is 0 Å². The van der Waals surface area contributed by atoms with Crippen LogP contribution in [0, 0.1) is 11.3 Å². The van der Waals surface area contributed by atoms with Crippen LogP contribution < -0.4 is 5.32 Å². The predicted molar refractivity (Wildman–Crippen MR) is 41.8 cm³/mol. The third-order valence-electron chi connectivity index (χ3n) is 1.68. The summed E-state index contributed by atoms with van der Waals surface area (Å²) in [7, 11) is 0. The van der Waals surface area contributed by atoms with Gasteiger partial charge in [0.2, 0.25) is 0 Å². The van der Waals surface area contributed by atoms with Crippen molar-refractivity contribution in [3.05, 3.63) is 23.9 Å². The molecule has 3 nitrogen and oxygen atoms in total. The number of hydrogen-bond acceptors (Lipinski definition) is 3. The van der Waals surface area contributed by atoms with E-state index in [0.717, 1.165) is 12.2 Å². The first kappa shape index (κ1) is 10.6. The van der Waals surface area contributed by atoms with E-state index < -0.39 is 18.3 Å². The Hall–Kier alpha value is -1.48. The van der Waals surface area contributed by atoms with Crippen LogP contribution in [0.1, 0.15) is 0 Å². The first-order chi connectivity index (χ1) is 6.45. The summed E-state index contributed by atoms with van der Waals surface area (Å²) < 4.78 is 36.1. The second-order valence-corrected chi connectivity index (χ2v) is 2.72. The Morgan fingerprint density at radius 3 is 2.71 bits per heavy atom. The van der Waals surface area contributed by atoms with E-state index in [-0.39, 0.29) is 5.57 Å². The highest BCUT2D eigenvalue weighted by atomic mass is 19.4. The molecule has 0 spiro atoms. The number of aliphatic hydroxyl groups excluding tert-OH is 1. The van der Waals surface area contributed by atoms with Crippen molar-refractivity contribution in [3.8, 4) is 6.07 Å². The molecule has 1 aliphatic rings. The number of alkyl halides is 3. The first-order valence-electron chi connectivity index (χ1n) is 3.74. The summed E-state index contributed by atoms with van der Waals surface area (Å²) in [6.07, 6.45) is -3.90. The molecule has 0 saturated heterocycles. The SMILES string of the molecule is N#CC1C=C(C(O)C(F)(F)F)C=CN1. The third-order valence-corrected chi connectivity index (χ3v) is 1.68. The second-order valence-electron chi connectivity index (χ2n) is 2.72. The minimum Gasteiger partial charge on any atom is -0.379 e. The Labute approximate surface area is 78.1 Å². The monoisotopic (exact) mass is 204 g/mol. The second kappa shape index (κ2) is 3.72. The Balaban J connectivity index is 2.84. The van der Waals surface area contributed by atoms with Gasteiger partial charge < -0.3 is 10.4 Å². The smallest absolute Gasteiger partial charge is 0.379 e. The van der Waals surface area contributed by atoms with E-state index in [1.165, 1.54) is 6.20 Å². The zero-order valence-electron chi connectivity index (χ0n) is 6.92. The number of nitrogens with zero attached hydrogens (tertiary/aromatic N) is 1. The van der Waals surface area contributed by atoms with Crippen LogP contribution in [-0.4, -0.2) is 23.4 Å². The summed E-state index contributed by atoms with van der Waals surface area (Å²) in [5.41, 5.74) is -0.317. The number of halogens is 3. The summed E-state index contributed by atoms with van der Waals surface area (Å²) >= 11 is 0. The zero-order valence-corrected chi connectivity index (χ0v) is 6.92. The molecule has 0 aromatic heterocycles. The lowest BCUT2D eigenvalue weighted by Crippen LogP contribution is -2.33. The van der Waals surface area contributed by atoms with E-state index in [1.54, 1.807) is 6.07 Å². The van der Waals surface area contributed by atoms with Crippen LogP contribution in [0.25, 0.3) is 0 Å². The molecule has 76 valence electrons. The molecular weight excluding hydrogens is 197 g/mol. The maximum atomic E-state index is 12.0. The highest BCUT2D eigenvalue weighted by Gasteiger charge is 2.40. The van der Waals surface area contributed by atoms with Gasteiger partial charge in [0.05, 0.1) is 6.07 Å². The summed E-state index contributed by atoms with van der Waals surface area (Å²) in [4.78, 5) is 0. The lowest BCUT2D eigenvalue weighted by molar-refractivity contribution is -0.190. The molecule has 6 heteroatoms. The highest BCUT2D eigenvalue weighted by Crippen LogP contribution is 2.26. The van der Waals surface area contributed by atoms with Crippen LogP contribution in [0.3, 0.4) is 0 Å². The number of rotatable bonds is 1. The normalized spacial score (nSPS) is 23.4. The standard InChI is InChI=1S/C8H7F3N2O/c9-8(10,11)7(14)5-1-2-13-6(3-5)4-12/h1-3,6-7,13-14H. The van der Waals surface area contributed by atoms with E-state index in [4.69, 9.17) is 10.4 Å². The van der Waals surface area contributed by atoms with Crippen LogP contribution in [0.4, 0.5) is 13.2 Å². The zero-order chi connectivity index (χ0) is 10.8. The summed E-state index contributed by atoms with van der Waals surface area (Å²) in [6, 6.07) is 0.896. The molecule has 0 aromatic carbocycles. The summed E-state index contributed by atoms with van der Waals surface area (Å²) in [6.45, 7) is 0. The quantitative estimate of drug-likeness (QED) is 0.665. The Bertz CT molecular complexity index is 314. The van der Waals surface area contributed by atoms with Crippen molar-refractivity contribution in [1.29, 1.82) is 5.26 Å². The molecule has 0 aliphatic carbocycles. The molecular formula is C8H7F3N2O. The molecule has 2 unspecified atom stereocenters. The fourth-order valence-electron chi connectivity index (χ4n) is 0.990. The van der Waals surface area contributed by atoms with Gasteiger partial charge in [0.1, 0.15) is 6.04 Å². The Kier molecular flexibility index (Phi) is 2.81. The molecule has 1 heterocycles. The predicted octanol–water partition coefficient (Wildman–Crippen LogP) is 0.845. The molecule has 2 atom stereocenters. The summed E-state index contributed by atoms with van der Waals surface area (Å²) in [5, 5.41) is 19.8. The van der Waals surface area contributed by atoms with Crippen molar-refractivity contribution in [2.24, 2.45) is 0 Å². The van der Waals surface area contributed by atoms with Gasteiger partial charge >= 0.3 is 6.18 Å². The van der Waals surface area contributed by atoms with Gasteiger partial charge in [-0.3, -0.25) is 0 Å². The fraction of sp³-hybridized carbons (Fsp3) is 0.375. The number of aliphatic hydroxyl groups is 1. The highest BCUT2D eigenvalue weighted by molar-refractivity contribution is 5.32. The summed E-state index contributed by atoms with van der Waals surface area (Å²) in [5.74, 6) is 0. The van der Waals surface area contributed by atoms with Gasteiger partial charge in [-0.15, -0.1) is 0 Å². The van der Waals surface area contributed by atoms with Crippen molar-refractivity contribution in [1.82, 2.24) is 5.32 Å². The Morgan fingerprint density at radius 2 is 2.21 bits per heavy atom. The van der Waals surface area contributed by atoms with Crippen molar-refractivity contribution in [2.75, 3.05) is 0 Å². The molecule has 0 amide bonds. The molecule has 0 fully saturated rings. The lowest BCUT2D eigenvalue weighted by atomic mass is 10.0. The number of dihydropyridines is 1. The van der Waals surface area contributed by atoms with E-state index >= 15 is 0 Å². The van der Waals surface area contributed by atoms with E-state index in [9.17, 15) is 13.2 Å². The number of hydrogen-bond donors (Lipinski definition) is 2. The Morgan fingerprint density at radius 1 is 1.57 bits per heavy atom. The van der Waals surface area contributed by atoms with E-state index in [2.05, 4.69) is 5.32 Å². The van der Waals surface area contributed by atoms with Gasteiger partial charge in [-0.2, -0.15) is 18.4 Å². The van der Waals surface area contributed by atoms with Crippen LogP contribution in [0.2, 0.25) is 0 Å². The molecule has 0 aromatic rings. The van der Waals surface area contributed by atoms with Crippen LogP contribution in [0.15, 0.2) is 23.9 Å². The number of nitrogens with one attached hydrogen (secondary N) is 1. The van der Waals surface area contributed by atoms with Gasteiger partial charge in [-0.25, -0.2) is 0 Å². The average Bonchev–Trinajstić information content (AvgIpc) is 2.15. The maximum Gasteiger partial charge on any atom is 0.418 e. The topological polar surface area (TPSA) is 56.0 Å². The molecule has 0 radical (unpaired) electrons. The molecule has 0 bridgehead atoms. The lowest BCUT2D eigenvalue weighted by Gasteiger charge is -2.19. The average molecular weight is 204 g/mol. The fourth-order valence-corrected chi connectivity index (χ4v) is 0.990. The molecule has 1 aliphatic heterocycles. The van der Waals surface area contributed by atoms with Crippen LogP contribution >= 0.6 is 0 Å². The van der Waals surface area contributed by atoms with E-state index in [1.807, 2.05) is 0 Å². The van der Waals surface area contributed by atoms with Gasteiger partial charge in [0.25, 0.3) is 0 Å². The molecule has 1 rings (SSSR count). The van der Waals surface area contributed by atoms with Gasteiger partial charge in [0, 0.05) is 0 Å². The van der Waals surface area contributed by atoms with Crippen molar-refractivity contribution < 1.29 is 18.3 Å². The minimum absolute atomic E-state index is 0.317. The largest absolute Gasteiger partial charge is 0.418 e. The molecule has 2 N–H and O–H groups in total. The first-order valence-corrected chi connectivity index (χ1v) is 3.74.